The predicted octanol–water partition coefficient (Wildman–Crippen LogP) is 3.62. The van der Waals surface area contributed by atoms with Crippen molar-refractivity contribution in [2.45, 2.75) is 0 Å². The molecule has 3 aromatic rings. The Morgan fingerprint density at radius 1 is 1.24 bits per heavy atom. The van der Waals surface area contributed by atoms with Crippen LogP contribution in [0.25, 0.3) is 22.2 Å². The lowest BCUT2D eigenvalue weighted by Crippen LogP contribution is -1.78. The number of hydrogen-bond donors (Lipinski definition) is 0. The van der Waals surface area contributed by atoms with E-state index in [1.165, 1.54) is 0 Å². The van der Waals surface area contributed by atoms with Gasteiger partial charge in [0.05, 0.1) is 10.4 Å². The zero-order valence-corrected chi connectivity index (χ0v) is 10.9. The number of halogens is 1. The molecule has 0 aliphatic heterocycles. The average molecular weight is 308 g/mol. The van der Waals surface area contributed by atoms with Gasteiger partial charge in [-0.2, -0.15) is 0 Å². The fraction of sp³-hybridized carbons (Fsp3) is 0. The molecule has 0 atom stereocenters. The minimum absolute atomic E-state index is 0.484. The average Bonchev–Trinajstić information content (AvgIpc) is 2.98. The first-order valence-electron chi connectivity index (χ1n) is 4.81. The lowest BCUT2D eigenvalue weighted by atomic mass is 10.3. The summed E-state index contributed by atoms with van der Waals surface area (Å²) in [6, 6.07) is 5.67. The van der Waals surface area contributed by atoms with Crippen LogP contribution in [0.3, 0.4) is 0 Å². The molecule has 0 aliphatic rings. The molecule has 0 amide bonds. The highest BCUT2D eigenvalue weighted by Crippen LogP contribution is 2.30. The van der Waals surface area contributed by atoms with E-state index in [0.29, 0.717) is 11.8 Å². The quantitative estimate of drug-likeness (QED) is 0.725. The minimum atomic E-state index is 0.484. The van der Waals surface area contributed by atoms with E-state index in [9.17, 15) is 0 Å². The van der Waals surface area contributed by atoms with E-state index in [4.69, 9.17) is 4.42 Å². The van der Waals surface area contributed by atoms with Gasteiger partial charge in [0.15, 0.2) is 0 Å². The molecule has 0 N–H and O–H groups in total. The van der Waals surface area contributed by atoms with Gasteiger partial charge in [-0.3, -0.25) is 4.98 Å². The van der Waals surface area contributed by atoms with Crippen LogP contribution in [-0.4, -0.2) is 15.2 Å². The SMILES string of the molecule is Brc1csc(-c2nnc(-c3cccnc3)o2)c1. The fourth-order valence-electron chi connectivity index (χ4n) is 1.35. The monoisotopic (exact) mass is 307 g/mol. The number of thiophene rings is 1. The molecule has 0 unspecified atom stereocenters. The summed E-state index contributed by atoms with van der Waals surface area (Å²) < 4.78 is 6.61. The van der Waals surface area contributed by atoms with Crippen molar-refractivity contribution in [3.8, 4) is 22.2 Å². The first-order valence-corrected chi connectivity index (χ1v) is 6.48. The Morgan fingerprint density at radius 3 is 2.82 bits per heavy atom. The van der Waals surface area contributed by atoms with Gasteiger partial charge in [-0.05, 0) is 34.1 Å². The Balaban J connectivity index is 1.99. The van der Waals surface area contributed by atoms with Gasteiger partial charge in [-0.1, -0.05) is 0 Å². The summed E-state index contributed by atoms with van der Waals surface area (Å²) in [5.74, 6) is 1.01. The molecular weight excluding hydrogens is 302 g/mol. The van der Waals surface area contributed by atoms with Gasteiger partial charge in [0.2, 0.25) is 5.89 Å². The van der Waals surface area contributed by atoms with Crippen LogP contribution in [0.15, 0.2) is 44.9 Å². The van der Waals surface area contributed by atoms with Crippen molar-refractivity contribution < 1.29 is 4.42 Å². The molecule has 0 fully saturated rings. The molecule has 0 aromatic carbocycles. The molecule has 17 heavy (non-hydrogen) atoms. The second-order valence-corrected chi connectivity index (χ2v) is 5.11. The third-order valence-corrected chi connectivity index (χ3v) is 3.79. The first-order chi connectivity index (χ1) is 8.33. The van der Waals surface area contributed by atoms with Crippen molar-refractivity contribution in [3.63, 3.8) is 0 Å². The van der Waals surface area contributed by atoms with E-state index >= 15 is 0 Å². The van der Waals surface area contributed by atoms with E-state index in [1.807, 2.05) is 23.6 Å². The molecule has 0 bridgehead atoms. The van der Waals surface area contributed by atoms with Crippen LogP contribution in [-0.2, 0) is 0 Å². The molecule has 3 aromatic heterocycles. The van der Waals surface area contributed by atoms with Crippen LogP contribution < -0.4 is 0 Å². The van der Waals surface area contributed by atoms with Crippen LogP contribution in [0.5, 0.6) is 0 Å². The molecule has 0 saturated carbocycles. The zero-order chi connectivity index (χ0) is 11.7. The molecule has 4 nitrogen and oxygen atoms in total. The summed E-state index contributed by atoms with van der Waals surface area (Å²) in [5.41, 5.74) is 0.821. The van der Waals surface area contributed by atoms with Gasteiger partial charge in [0.25, 0.3) is 5.89 Å². The van der Waals surface area contributed by atoms with Crippen LogP contribution >= 0.6 is 27.3 Å². The lowest BCUT2D eigenvalue weighted by Gasteiger charge is -1.91. The molecular formula is C11H6BrN3OS. The van der Waals surface area contributed by atoms with Crippen LogP contribution in [0.4, 0.5) is 0 Å². The predicted molar refractivity (Wildman–Crippen MR) is 68.5 cm³/mol. The molecule has 0 saturated heterocycles. The second kappa shape index (κ2) is 4.38. The van der Waals surface area contributed by atoms with Crippen molar-refractivity contribution in [3.05, 3.63) is 40.4 Å². The molecule has 3 rings (SSSR count). The summed E-state index contributed by atoms with van der Waals surface area (Å²) in [7, 11) is 0. The number of hydrogen-bond acceptors (Lipinski definition) is 5. The van der Waals surface area contributed by atoms with Gasteiger partial charge in [0, 0.05) is 22.2 Å². The van der Waals surface area contributed by atoms with Gasteiger partial charge >= 0.3 is 0 Å². The van der Waals surface area contributed by atoms with Gasteiger partial charge in [-0.15, -0.1) is 21.5 Å². The maximum atomic E-state index is 5.60. The smallest absolute Gasteiger partial charge is 0.258 e. The van der Waals surface area contributed by atoms with Gasteiger partial charge < -0.3 is 4.42 Å². The van der Waals surface area contributed by atoms with Crippen LogP contribution in [0, 0.1) is 0 Å². The topological polar surface area (TPSA) is 51.8 Å². The van der Waals surface area contributed by atoms with Crippen LogP contribution in [0.2, 0.25) is 0 Å². The third-order valence-electron chi connectivity index (χ3n) is 2.11. The van der Waals surface area contributed by atoms with E-state index in [1.54, 1.807) is 23.7 Å². The number of pyridine rings is 1. The molecule has 0 aliphatic carbocycles. The second-order valence-electron chi connectivity index (χ2n) is 3.28. The molecule has 0 radical (unpaired) electrons. The first kappa shape index (κ1) is 10.6. The minimum Gasteiger partial charge on any atom is -0.415 e. The highest BCUT2D eigenvalue weighted by molar-refractivity contribution is 9.10. The Bertz CT molecular complexity index is 635. The van der Waals surface area contributed by atoms with Gasteiger partial charge in [0.1, 0.15) is 0 Å². The van der Waals surface area contributed by atoms with E-state index in [2.05, 4.69) is 31.1 Å². The fourth-order valence-corrected chi connectivity index (χ4v) is 2.70. The largest absolute Gasteiger partial charge is 0.415 e. The molecule has 3 heterocycles. The molecule has 6 heteroatoms. The Labute approximate surface area is 109 Å². The van der Waals surface area contributed by atoms with E-state index in [-0.39, 0.29) is 0 Å². The maximum Gasteiger partial charge on any atom is 0.258 e. The Hall–Kier alpha value is -1.53. The highest BCUT2D eigenvalue weighted by Gasteiger charge is 2.11. The summed E-state index contributed by atoms with van der Waals surface area (Å²) in [6.45, 7) is 0. The number of rotatable bonds is 2. The Kier molecular flexibility index (Phi) is 2.74. The zero-order valence-electron chi connectivity index (χ0n) is 8.50. The Morgan fingerprint density at radius 2 is 2.12 bits per heavy atom. The number of aromatic nitrogens is 3. The normalized spacial score (nSPS) is 10.6. The summed E-state index contributed by atoms with van der Waals surface area (Å²) >= 11 is 4.94. The summed E-state index contributed by atoms with van der Waals surface area (Å²) in [6.07, 6.45) is 3.40. The van der Waals surface area contributed by atoms with Gasteiger partial charge in [-0.25, -0.2) is 0 Å². The summed E-state index contributed by atoms with van der Waals surface area (Å²) in [4.78, 5) is 4.96. The van der Waals surface area contributed by atoms with Crippen molar-refractivity contribution in [1.29, 1.82) is 0 Å². The van der Waals surface area contributed by atoms with Crippen molar-refractivity contribution in [1.82, 2.24) is 15.2 Å². The highest BCUT2D eigenvalue weighted by atomic mass is 79.9. The lowest BCUT2D eigenvalue weighted by molar-refractivity contribution is 0.586. The van der Waals surface area contributed by atoms with Crippen molar-refractivity contribution in [2.75, 3.05) is 0 Å². The summed E-state index contributed by atoms with van der Waals surface area (Å²) in [5, 5.41) is 10.0. The van der Waals surface area contributed by atoms with Crippen molar-refractivity contribution in [2.24, 2.45) is 0 Å². The van der Waals surface area contributed by atoms with Crippen LogP contribution in [0.1, 0.15) is 0 Å². The maximum absolute atomic E-state index is 5.60. The molecule has 0 spiro atoms. The van der Waals surface area contributed by atoms with E-state index in [0.717, 1.165) is 14.9 Å². The standard InChI is InChI=1S/C11H6BrN3OS/c12-8-4-9(17-6-8)11-15-14-10(16-11)7-2-1-3-13-5-7/h1-6H. The van der Waals surface area contributed by atoms with Crippen molar-refractivity contribution >= 4 is 27.3 Å². The third kappa shape index (κ3) is 2.13. The van der Waals surface area contributed by atoms with E-state index < -0.39 is 0 Å². The number of nitrogens with zero attached hydrogens (tertiary/aromatic N) is 3. The molecule has 84 valence electrons.